The molecule has 1 aromatic rings. The zero-order valence-electron chi connectivity index (χ0n) is 16.7. The van der Waals surface area contributed by atoms with Crippen molar-refractivity contribution < 1.29 is 19.0 Å². The molecule has 1 fully saturated rings. The van der Waals surface area contributed by atoms with E-state index in [-0.39, 0.29) is 6.10 Å². The van der Waals surface area contributed by atoms with E-state index in [2.05, 4.69) is 24.1 Å². The number of carbonyl (C=O) groups is 1. The summed E-state index contributed by atoms with van der Waals surface area (Å²) in [5, 5.41) is 2.80. The smallest absolute Gasteiger partial charge is 0.412 e. The Morgan fingerprint density at radius 1 is 1.19 bits per heavy atom. The SMILES string of the molecule is CCCCOc1cccc(NC(=O)OC(COCCC)CN2CCCC2)c1. The summed E-state index contributed by atoms with van der Waals surface area (Å²) >= 11 is 0. The van der Waals surface area contributed by atoms with Crippen LogP contribution in [0.1, 0.15) is 46.0 Å². The van der Waals surface area contributed by atoms with Crippen molar-refractivity contribution in [3.63, 3.8) is 0 Å². The maximum absolute atomic E-state index is 12.4. The first-order valence-corrected chi connectivity index (χ1v) is 10.2. The normalized spacial score (nSPS) is 15.5. The Morgan fingerprint density at radius 2 is 2.00 bits per heavy atom. The first kappa shape index (κ1) is 21.5. The molecule has 0 saturated carbocycles. The molecule has 1 saturated heterocycles. The van der Waals surface area contributed by atoms with E-state index < -0.39 is 6.09 Å². The van der Waals surface area contributed by atoms with E-state index in [1.54, 1.807) is 0 Å². The number of hydrogen-bond acceptors (Lipinski definition) is 5. The second-order valence-corrected chi connectivity index (χ2v) is 6.96. The highest BCUT2D eigenvalue weighted by atomic mass is 16.6. The van der Waals surface area contributed by atoms with Gasteiger partial charge in [0.15, 0.2) is 0 Å². The number of anilines is 1. The Kier molecular flexibility index (Phi) is 10.0. The number of carbonyl (C=O) groups excluding carboxylic acids is 1. The van der Waals surface area contributed by atoms with Crippen LogP contribution in [0.5, 0.6) is 5.75 Å². The number of unbranched alkanes of at least 4 members (excludes halogenated alkanes) is 1. The van der Waals surface area contributed by atoms with Crippen molar-refractivity contribution in [1.29, 1.82) is 0 Å². The molecule has 0 bridgehead atoms. The molecule has 2 rings (SSSR count). The molecule has 0 aliphatic carbocycles. The third-order valence-electron chi connectivity index (χ3n) is 4.43. The molecule has 1 N–H and O–H groups in total. The van der Waals surface area contributed by atoms with Gasteiger partial charge in [0.25, 0.3) is 0 Å². The molecule has 1 heterocycles. The maximum atomic E-state index is 12.4. The molecule has 1 aliphatic rings. The molecular formula is C21H34N2O4. The molecule has 1 aromatic carbocycles. The molecule has 0 spiro atoms. The lowest BCUT2D eigenvalue weighted by molar-refractivity contribution is 0.0108. The number of amides is 1. The second-order valence-electron chi connectivity index (χ2n) is 6.96. The van der Waals surface area contributed by atoms with Gasteiger partial charge in [0.2, 0.25) is 0 Å². The van der Waals surface area contributed by atoms with Crippen molar-refractivity contribution in [2.75, 3.05) is 44.8 Å². The van der Waals surface area contributed by atoms with Crippen LogP contribution in [0.4, 0.5) is 10.5 Å². The van der Waals surface area contributed by atoms with Crippen LogP contribution in [-0.4, -0.2) is 56.6 Å². The number of hydrogen-bond donors (Lipinski definition) is 1. The van der Waals surface area contributed by atoms with Gasteiger partial charge in [-0.15, -0.1) is 0 Å². The van der Waals surface area contributed by atoms with Gasteiger partial charge in [-0.1, -0.05) is 26.3 Å². The quantitative estimate of drug-likeness (QED) is 0.549. The summed E-state index contributed by atoms with van der Waals surface area (Å²) in [7, 11) is 0. The fourth-order valence-corrected chi connectivity index (χ4v) is 3.03. The van der Waals surface area contributed by atoms with Gasteiger partial charge in [-0.2, -0.15) is 0 Å². The fraction of sp³-hybridized carbons (Fsp3) is 0.667. The van der Waals surface area contributed by atoms with Gasteiger partial charge < -0.3 is 14.2 Å². The topological polar surface area (TPSA) is 60.0 Å². The third-order valence-corrected chi connectivity index (χ3v) is 4.43. The molecule has 27 heavy (non-hydrogen) atoms. The average molecular weight is 379 g/mol. The van der Waals surface area contributed by atoms with Crippen LogP contribution in [0.3, 0.4) is 0 Å². The lowest BCUT2D eigenvalue weighted by Crippen LogP contribution is -2.37. The molecule has 1 amide bonds. The third kappa shape index (κ3) is 8.63. The minimum atomic E-state index is -0.454. The van der Waals surface area contributed by atoms with E-state index in [0.717, 1.165) is 44.6 Å². The van der Waals surface area contributed by atoms with Gasteiger partial charge >= 0.3 is 6.09 Å². The van der Waals surface area contributed by atoms with E-state index in [9.17, 15) is 4.79 Å². The predicted molar refractivity (Wildman–Crippen MR) is 108 cm³/mol. The summed E-state index contributed by atoms with van der Waals surface area (Å²) in [5.41, 5.74) is 0.670. The van der Waals surface area contributed by atoms with Gasteiger partial charge in [0, 0.05) is 24.9 Å². The Balaban J connectivity index is 1.84. The van der Waals surface area contributed by atoms with E-state index in [1.807, 2.05) is 24.3 Å². The Labute approximate surface area is 163 Å². The van der Waals surface area contributed by atoms with Crippen molar-refractivity contribution in [3.05, 3.63) is 24.3 Å². The van der Waals surface area contributed by atoms with Crippen molar-refractivity contribution >= 4 is 11.8 Å². The van der Waals surface area contributed by atoms with Crippen LogP contribution in [0.25, 0.3) is 0 Å². The molecular weight excluding hydrogens is 344 g/mol. The summed E-state index contributed by atoms with van der Waals surface area (Å²) in [4.78, 5) is 14.7. The van der Waals surface area contributed by atoms with E-state index in [0.29, 0.717) is 25.5 Å². The van der Waals surface area contributed by atoms with Gasteiger partial charge in [-0.25, -0.2) is 4.79 Å². The van der Waals surface area contributed by atoms with E-state index >= 15 is 0 Å². The monoisotopic (exact) mass is 378 g/mol. The first-order valence-electron chi connectivity index (χ1n) is 10.2. The number of benzene rings is 1. The van der Waals surface area contributed by atoms with Crippen LogP contribution in [0.2, 0.25) is 0 Å². The number of nitrogens with one attached hydrogen (secondary N) is 1. The van der Waals surface area contributed by atoms with Crippen LogP contribution in [-0.2, 0) is 9.47 Å². The summed E-state index contributed by atoms with van der Waals surface area (Å²) < 4.78 is 17.0. The summed E-state index contributed by atoms with van der Waals surface area (Å²) in [6, 6.07) is 7.40. The molecule has 1 unspecified atom stereocenters. The molecule has 0 aromatic heterocycles. The van der Waals surface area contributed by atoms with Gasteiger partial charge in [0.05, 0.1) is 13.2 Å². The molecule has 152 valence electrons. The van der Waals surface area contributed by atoms with Crippen LogP contribution in [0, 0.1) is 0 Å². The predicted octanol–water partition coefficient (Wildman–Crippen LogP) is 4.31. The maximum Gasteiger partial charge on any atom is 0.412 e. The van der Waals surface area contributed by atoms with Crippen molar-refractivity contribution in [1.82, 2.24) is 4.90 Å². The largest absolute Gasteiger partial charge is 0.494 e. The summed E-state index contributed by atoms with van der Waals surface area (Å²) in [5.74, 6) is 0.751. The highest BCUT2D eigenvalue weighted by Crippen LogP contribution is 2.18. The van der Waals surface area contributed by atoms with Gasteiger partial charge in [0.1, 0.15) is 11.9 Å². The molecule has 1 atom stereocenters. The zero-order chi connectivity index (χ0) is 19.3. The van der Waals surface area contributed by atoms with Gasteiger partial charge in [-0.05, 0) is 50.9 Å². The minimum absolute atomic E-state index is 0.265. The van der Waals surface area contributed by atoms with Crippen LogP contribution < -0.4 is 10.1 Å². The average Bonchev–Trinajstić information content (AvgIpc) is 3.15. The van der Waals surface area contributed by atoms with Crippen LogP contribution >= 0.6 is 0 Å². The lowest BCUT2D eigenvalue weighted by Gasteiger charge is -2.23. The molecule has 6 heteroatoms. The van der Waals surface area contributed by atoms with Crippen molar-refractivity contribution in [2.24, 2.45) is 0 Å². The Hall–Kier alpha value is -1.79. The first-order chi connectivity index (χ1) is 13.2. The highest BCUT2D eigenvalue weighted by molar-refractivity contribution is 5.85. The molecule has 0 radical (unpaired) electrons. The Morgan fingerprint density at radius 3 is 2.74 bits per heavy atom. The Bertz CT molecular complexity index is 547. The lowest BCUT2D eigenvalue weighted by atomic mass is 10.3. The summed E-state index contributed by atoms with van der Waals surface area (Å²) in [6.07, 6.45) is 4.74. The van der Waals surface area contributed by atoms with E-state index in [1.165, 1.54) is 12.8 Å². The number of nitrogens with zero attached hydrogens (tertiary/aromatic N) is 1. The second kappa shape index (κ2) is 12.6. The van der Waals surface area contributed by atoms with Crippen molar-refractivity contribution in [3.8, 4) is 5.75 Å². The van der Waals surface area contributed by atoms with E-state index in [4.69, 9.17) is 14.2 Å². The van der Waals surface area contributed by atoms with Crippen molar-refractivity contribution in [2.45, 2.75) is 52.1 Å². The number of rotatable bonds is 12. The number of ether oxygens (including phenoxy) is 3. The molecule has 1 aliphatic heterocycles. The number of likely N-dealkylation sites (tertiary alicyclic amines) is 1. The zero-order valence-corrected chi connectivity index (χ0v) is 16.7. The summed E-state index contributed by atoms with van der Waals surface area (Å²) in [6.45, 7) is 8.82. The standard InChI is InChI=1S/C21H34N2O4/c1-3-5-14-26-19-10-8-9-18(15-19)22-21(24)27-20(17-25-13-4-2)16-23-11-6-7-12-23/h8-10,15,20H,3-7,11-14,16-17H2,1-2H3,(H,22,24). The highest BCUT2D eigenvalue weighted by Gasteiger charge is 2.21. The minimum Gasteiger partial charge on any atom is -0.494 e. The fourth-order valence-electron chi connectivity index (χ4n) is 3.03. The van der Waals surface area contributed by atoms with Gasteiger partial charge in [-0.3, -0.25) is 10.2 Å². The van der Waals surface area contributed by atoms with Crippen LogP contribution in [0.15, 0.2) is 24.3 Å². The molecule has 6 nitrogen and oxygen atoms in total.